The first-order valence-electron chi connectivity index (χ1n) is 6.41. The van der Waals surface area contributed by atoms with E-state index >= 15 is 0 Å². The summed E-state index contributed by atoms with van der Waals surface area (Å²) in [6.07, 6.45) is 0.874. The number of nitrogens with zero attached hydrogens (tertiary/aromatic N) is 2. The molecule has 2 rings (SSSR count). The third-order valence-electron chi connectivity index (χ3n) is 2.58. The van der Waals surface area contributed by atoms with Gasteiger partial charge >= 0.3 is 0 Å². The highest BCUT2D eigenvalue weighted by Gasteiger charge is 2.05. The van der Waals surface area contributed by atoms with E-state index in [-0.39, 0.29) is 0 Å². The monoisotopic (exact) mass is 248 g/mol. The molecule has 0 unspecified atom stereocenters. The minimum Gasteiger partial charge on any atom is -0.478 e. The molecule has 0 saturated heterocycles. The Morgan fingerprint density at radius 3 is 2.89 bits per heavy atom. The van der Waals surface area contributed by atoms with Crippen molar-refractivity contribution in [1.29, 1.82) is 0 Å². The molecule has 0 atom stereocenters. The van der Waals surface area contributed by atoms with E-state index in [4.69, 9.17) is 4.74 Å². The summed E-state index contributed by atoms with van der Waals surface area (Å²) in [5, 5.41) is 3.36. The number of hydrogen-bond donors (Lipinski definition) is 2. The van der Waals surface area contributed by atoms with Gasteiger partial charge < -0.3 is 15.0 Å². The summed E-state index contributed by atoms with van der Waals surface area (Å²) < 4.78 is 5.36. The zero-order valence-electron chi connectivity index (χ0n) is 11.2. The Bertz CT molecular complexity index is 507. The predicted molar refractivity (Wildman–Crippen MR) is 71.9 cm³/mol. The van der Waals surface area contributed by atoms with E-state index in [1.165, 1.54) is 0 Å². The third kappa shape index (κ3) is 3.20. The molecule has 2 heterocycles. The molecule has 2 aromatic heterocycles. The highest BCUT2D eigenvalue weighted by atomic mass is 16.5. The van der Waals surface area contributed by atoms with Crippen LogP contribution in [0.5, 0.6) is 5.88 Å². The number of imidazole rings is 1. The minimum atomic E-state index is 0.497. The molecule has 18 heavy (non-hydrogen) atoms. The second kappa shape index (κ2) is 5.82. The second-order valence-corrected chi connectivity index (χ2v) is 4.50. The molecule has 0 radical (unpaired) electrons. The van der Waals surface area contributed by atoms with Crippen LogP contribution >= 0.6 is 0 Å². The van der Waals surface area contributed by atoms with Gasteiger partial charge in [-0.05, 0) is 13.0 Å². The molecule has 0 aromatic carbocycles. The van der Waals surface area contributed by atoms with Crippen LogP contribution in [0.3, 0.4) is 0 Å². The van der Waals surface area contributed by atoms with Crippen molar-refractivity contribution < 1.29 is 4.74 Å². The van der Waals surface area contributed by atoms with Crippen molar-refractivity contribution in [1.82, 2.24) is 20.3 Å². The fraction of sp³-hybridized carbons (Fsp3) is 0.538. The van der Waals surface area contributed by atoms with E-state index in [2.05, 4.69) is 34.1 Å². The molecule has 0 fully saturated rings. The molecule has 5 heteroatoms. The van der Waals surface area contributed by atoms with Crippen molar-refractivity contribution >= 4 is 11.2 Å². The lowest BCUT2D eigenvalue weighted by Crippen LogP contribution is -2.25. The number of nitrogens with one attached hydrogen (secondary N) is 2. The maximum Gasteiger partial charge on any atom is 0.215 e. The lowest BCUT2D eigenvalue weighted by molar-refractivity contribution is 0.328. The van der Waals surface area contributed by atoms with Crippen LogP contribution in [0.4, 0.5) is 0 Å². The molecule has 5 nitrogen and oxygen atoms in total. The summed E-state index contributed by atoms with van der Waals surface area (Å²) in [5.74, 6) is 1.59. The first kappa shape index (κ1) is 12.8. The van der Waals surface area contributed by atoms with Crippen molar-refractivity contribution in [2.75, 3.05) is 13.2 Å². The summed E-state index contributed by atoms with van der Waals surface area (Å²) in [6, 6.07) is 4.32. The Morgan fingerprint density at radius 2 is 2.17 bits per heavy atom. The quantitative estimate of drug-likeness (QED) is 0.819. The van der Waals surface area contributed by atoms with Crippen LogP contribution in [0.2, 0.25) is 0 Å². The average molecular weight is 248 g/mol. The van der Waals surface area contributed by atoms with Gasteiger partial charge in [-0.1, -0.05) is 13.8 Å². The van der Waals surface area contributed by atoms with E-state index in [0.29, 0.717) is 18.5 Å². The maximum atomic E-state index is 5.36. The normalized spacial score (nSPS) is 11.3. The zero-order chi connectivity index (χ0) is 13.0. The molecule has 0 saturated carbocycles. The summed E-state index contributed by atoms with van der Waals surface area (Å²) >= 11 is 0. The van der Waals surface area contributed by atoms with Gasteiger partial charge in [0.1, 0.15) is 5.82 Å². The Morgan fingerprint density at radius 1 is 1.33 bits per heavy atom. The third-order valence-corrected chi connectivity index (χ3v) is 2.58. The van der Waals surface area contributed by atoms with Crippen LogP contribution in [-0.2, 0) is 6.42 Å². The number of hydrogen-bond acceptors (Lipinski definition) is 4. The molecule has 98 valence electrons. The van der Waals surface area contributed by atoms with Crippen LogP contribution in [0.15, 0.2) is 12.1 Å². The van der Waals surface area contributed by atoms with Gasteiger partial charge in [0, 0.05) is 25.1 Å². The van der Waals surface area contributed by atoms with Gasteiger partial charge in [0.15, 0.2) is 5.65 Å². The summed E-state index contributed by atoms with van der Waals surface area (Å²) in [4.78, 5) is 12.1. The first-order valence-corrected chi connectivity index (χ1v) is 6.41. The van der Waals surface area contributed by atoms with E-state index in [1.807, 2.05) is 19.1 Å². The van der Waals surface area contributed by atoms with Gasteiger partial charge in [0.05, 0.1) is 12.1 Å². The van der Waals surface area contributed by atoms with E-state index < -0.39 is 0 Å². The molecule has 2 N–H and O–H groups in total. The van der Waals surface area contributed by atoms with Crippen LogP contribution < -0.4 is 10.1 Å². The lowest BCUT2D eigenvalue weighted by Gasteiger charge is -2.05. The molecule has 2 aromatic rings. The number of rotatable bonds is 6. The number of fused-ring (bicyclic) bond motifs is 1. The zero-order valence-corrected chi connectivity index (χ0v) is 11.2. The molecular weight excluding hydrogens is 228 g/mol. The van der Waals surface area contributed by atoms with Crippen LogP contribution in [0.25, 0.3) is 11.2 Å². The van der Waals surface area contributed by atoms with Crippen molar-refractivity contribution in [2.24, 2.45) is 0 Å². The van der Waals surface area contributed by atoms with Crippen molar-refractivity contribution in [3.05, 3.63) is 18.0 Å². The van der Waals surface area contributed by atoms with Gasteiger partial charge in [-0.2, -0.15) is 4.98 Å². The number of pyridine rings is 1. The Labute approximate surface area is 107 Å². The molecule has 0 aliphatic heterocycles. The van der Waals surface area contributed by atoms with E-state index in [1.54, 1.807) is 0 Å². The average Bonchev–Trinajstić information content (AvgIpc) is 2.71. The Hall–Kier alpha value is -1.62. The molecule has 0 aliphatic carbocycles. The standard InChI is InChI=1S/C13H20N4O/c1-4-18-12-6-5-10-13(17-12)16-11(15-10)7-8-14-9(2)3/h5-6,9,14H,4,7-8H2,1-3H3,(H,15,16,17). The van der Waals surface area contributed by atoms with Gasteiger partial charge in [-0.15, -0.1) is 0 Å². The van der Waals surface area contributed by atoms with Crippen LogP contribution in [0, 0.1) is 0 Å². The summed E-state index contributed by atoms with van der Waals surface area (Å²) in [6.45, 7) is 7.74. The number of H-pyrrole nitrogens is 1. The summed E-state index contributed by atoms with van der Waals surface area (Å²) in [7, 11) is 0. The lowest BCUT2D eigenvalue weighted by atomic mass is 10.3. The van der Waals surface area contributed by atoms with Crippen LogP contribution in [-0.4, -0.2) is 34.1 Å². The topological polar surface area (TPSA) is 62.8 Å². The predicted octanol–water partition coefficient (Wildman–Crippen LogP) is 1.90. The highest BCUT2D eigenvalue weighted by Crippen LogP contribution is 2.14. The molecule has 0 bridgehead atoms. The van der Waals surface area contributed by atoms with Crippen LogP contribution in [0.1, 0.15) is 26.6 Å². The summed E-state index contributed by atoms with van der Waals surface area (Å²) in [5.41, 5.74) is 1.68. The van der Waals surface area contributed by atoms with Crippen molar-refractivity contribution in [3.8, 4) is 5.88 Å². The van der Waals surface area contributed by atoms with E-state index in [0.717, 1.165) is 30.0 Å². The fourth-order valence-electron chi connectivity index (χ4n) is 1.75. The molecule has 0 spiro atoms. The number of aromatic nitrogens is 3. The largest absolute Gasteiger partial charge is 0.478 e. The van der Waals surface area contributed by atoms with Gasteiger partial charge in [0.25, 0.3) is 0 Å². The van der Waals surface area contributed by atoms with Gasteiger partial charge in [-0.25, -0.2) is 4.98 Å². The Kier molecular flexibility index (Phi) is 4.15. The van der Waals surface area contributed by atoms with Crippen molar-refractivity contribution in [2.45, 2.75) is 33.2 Å². The SMILES string of the molecule is CCOc1ccc2[nH]c(CCNC(C)C)nc2n1. The van der Waals surface area contributed by atoms with Gasteiger partial charge in [-0.3, -0.25) is 0 Å². The first-order chi connectivity index (χ1) is 8.69. The molecule has 0 aliphatic rings. The molecule has 0 amide bonds. The van der Waals surface area contributed by atoms with Crippen molar-refractivity contribution in [3.63, 3.8) is 0 Å². The minimum absolute atomic E-state index is 0.497. The molecular formula is C13H20N4O. The smallest absolute Gasteiger partial charge is 0.215 e. The second-order valence-electron chi connectivity index (χ2n) is 4.50. The fourth-order valence-corrected chi connectivity index (χ4v) is 1.75. The van der Waals surface area contributed by atoms with Gasteiger partial charge in [0.2, 0.25) is 5.88 Å². The maximum absolute atomic E-state index is 5.36. The number of ether oxygens (including phenoxy) is 1. The Balaban J connectivity index is 2.07. The van der Waals surface area contributed by atoms with E-state index in [9.17, 15) is 0 Å². The highest BCUT2D eigenvalue weighted by molar-refractivity contribution is 5.71. The number of aromatic amines is 1.